The second-order valence-electron chi connectivity index (χ2n) is 7.34. The molecular weight excluding hydrogens is 322 g/mol. The molecule has 2 aromatic rings. The van der Waals surface area contributed by atoms with E-state index in [1.807, 2.05) is 19.1 Å². The van der Waals surface area contributed by atoms with Crippen molar-refractivity contribution < 1.29 is 9.53 Å². The van der Waals surface area contributed by atoms with Crippen molar-refractivity contribution in [1.82, 2.24) is 5.32 Å². The van der Waals surface area contributed by atoms with Crippen molar-refractivity contribution in [3.05, 3.63) is 63.7 Å². The van der Waals surface area contributed by atoms with Crippen LogP contribution in [0.25, 0.3) is 0 Å². The van der Waals surface area contributed by atoms with Crippen LogP contribution in [-0.4, -0.2) is 13.0 Å². The summed E-state index contributed by atoms with van der Waals surface area (Å²) in [4.78, 5) is 13.0. The Kier molecular flexibility index (Phi) is 6.47. The number of ether oxygens (including phenoxy) is 1. The summed E-state index contributed by atoms with van der Waals surface area (Å²) in [6, 6.07) is 10.3. The van der Waals surface area contributed by atoms with Crippen LogP contribution in [0.2, 0.25) is 0 Å². The topological polar surface area (TPSA) is 38.3 Å². The van der Waals surface area contributed by atoms with Gasteiger partial charge in [-0.25, -0.2) is 0 Å². The molecule has 0 unspecified atom stereocenters. The predicted octanol–water partition coefficient (Wildman–Crippen LogP) is 5.62. The number of nitrogens with one attached hydrogen (secondary N) is 1. The van der Waals surface area contributed by atoms with Crippen LogP contribution in [0.4, 0.5) is 0 Å². The maximum absolute atomic E-state index is 13.0. The number of amides is 1. The molecule has 2 aromatic carbocycles. The lowest BCUT2D eigenvalue weighted by Gasteiger charge is -2.21. The fraction of sp³-hybridized carbons (Fsp3) is 0.435. The fourth-order valence-electron chi connectivity index (χ4n) is 3.21. The van der Waals surface area contributed by atoms with Crippen LogP contribution >= 0.6 is 0 Å². The van der Waals surface area contributed by atoms with Gasteiger partial charge in [0.15, 0.2) is 0 Å². The lowest BCUT2D eigenvalue weighted by atomic mass is 9.95. The van der Waals surface area contributed by atoms with Gasteiger partial charge in [0.1, 0.15) is 5.75 Å². The van der Waals surface area contributed by atoms with Crippen molar-refractivity contribution in [2.24, 2.45) is 0 Å². The maximum atomic E-state index is 13.0. The maximum Gasteiger partial charge on any atom is 0.252 e. The molecule has 1 N–H and O–H groups in total. The van der Waals surface area contributed by atoms with Crippen LogP contribution in [0.3, 0.4) is 0 Å². The van der Waals surface area contributed by atoms with Gasteiger partial charge in [-0.3, -0.25) is 4.79 Å². The number of aryl methyl sites for hydroxylation is 3. The van der Waals surface area contributed by atoms with Gasteiger partial charge in [-0.15, -0.1) is 0 Å². The molecule has 0 heterocycles. The molecule has 0 radical (unpaired) electrons. The Bertz CT molecular complexity index is 793. The van der Waals surface area contributed by atoms with Crippen molar-refractivity contribution >= 4 is 5.91 Å². The van der Waals surface area contributed by atoms with Gasteiger partial charge in [0.2, 0.25) is 0 Å². The summed E-state index contributed by atoms with van der Waals surface area (Å²) in [5.41, 5.74) is 6.37. The Labute approximate surface area is 157 Å². The quantitative estimate of drug-likeness (QED) is 0.731. The molecule has 3 heteroatoms. The van der Waals surface area contributed by atoms with E-state index < -0.39 is 0 Å². The third kappa shape index (κ3) is 4.27. The van der Waals surface area contributed by atoms with Gasteiger partial charge in [0, 0.05) is 5.56 Å². The Hall–Kier alpha value is -2.29. The van der Waals surface area contributed by atoms with Gasteiger partial charge in [0.25, 0.3) is 5.91 Å². The smallest absolute Gasteiger partial charge is 0.252 e. The summed E-state index contributed by atoms with van der Waals surface area (Å²) in [6.07, 6.45) is 0.848. The molecule has 3 nitrogen and oxygen atoms in total. The zero-order valence-electron chi connectivity index (χ0n) is 17.1. The summed E-state index contributed by atoms with van der Waals surface area (Å²) >= 11 is 0. The fourth-order valence-corrected chi connectivity index (χ4v) is 3.21. The first-order valence-electron chi connectivity index (χ1n) is 9.35. The monoisotopic (exact) mass is 353 g/mol. The zero-order chi connectivity index (χ0) is 19.4. The van der Waals surface area contributed by atoms with Crippen molar-refractivity contribution in [2.75, 3.05) is 7.11 Å². The molecule has 0 fully saturated rings. The Morgan fingerprint density at radius 3 is 2.27 bits per heavy atom. The van der Waals surface area contributed by atoms with Crippen LogP contribution in [0, 0.1) is 20.8 Å². The van der Waals surface area contributed by atoms with Gasteiger partial charge in [-0.05, 0) is 73.1 Å². The molecule has 0 aliphatic rings. The van der Waals surface area contributed by atoms with E-state index in [2.05, 4.69) is 58.1 Å². The molecule has 0 aliphatic heterocycles. The first-order valence-corrected chi connectivity index (χ1v) is 9.35. The molecule has 1 atom stereocenters. The van der Waals surface area contributed by atoms with Crippen LogP contribution in [0.5, 0.6) is 5.75 Å². The normalized spacial score (nSPS) is 12.2. The highest BCUT2D eigenvalue weighted by Crippen LogP contribution is 2.30. The molecule has 140 valence electrons. The largest absolute Gasteiger partial charge is 0.496 e. The second-order valence-corrected chi connectivity index (χ2v) is 7.34. The Morgan fingerprint density at radius 1 is 1.04 bits per heavy atom. The molecule has 0 saturated carbocycles. The number of hydrogen-bond donors (Lipinski definition) is 1. The minimum absolute atomic E-state index is 0.00537. The predicted molar refractivity (Wildman–Crippen MR) is 108 cm³/mol. The molecule has 1 amide bonds. The minimum Gasteiger partial charge on any atom is -0.496 e. The van der Waals surface area contributed by atoms with Gasteiger partial charge in [0.05, 0.1) is 13.2 Å². The number of benzene rings is 2. The number of rotatable bonds is 6. The van der Waals surface area contributed by atoms with E-state index in [9.17, 15) is 4.79 Å². The molecule has 0 spiro atoms. The summed E-state index contributed by atoms with van der Waals surface area (Å²) in [5, 5.41) is 3.21. The standard InChI is InChI=1S/C23H31NO2/c1-8-21(18-10-9-15(4)16(5)11-18)24-23(25)20-13-19(14(2)3)22(26-7)12-17(20)6/h9-14,21H,8H2,1-7H3,(H,24,25)/t21-/m1/s1. The van der Waals surface area contributed by atoms with Crippen molar-refractivity contribution in [3.63, 3.8) is 0 Å². The number of hydrogen-bond acceptors (Lipinski definition) is 2. The highest BCUT2D eigenvalue weighted by Gasteiger charge is 2.19. The summed E-state index contributed by atoms with van der Waals surface area (Å²) < 4.78 is 5.49. The molecule has 2 rings (SSSR count). The zero-order valence-corrected chi connectivity index (χ0v) is 17.1. The van der Waals surface area contributed by atoms with Gasteiger partial charge in [-0.1, -0.05) is 39.0 Å². The Morgan fingerprint density at radius 2 is 1.73 bits per heavy atom. The summed E-state index contributed by atoms with van der Waals surface area (Å²) in [6.45, 7) is 12.5. The van der Waals surface area contributed by atoms with Crippen molar-refractivity contribution in [2.45, 2.75) is 59.9 Å². The average Bonchev–Trinajstić information content (AvgIpc) is 2.61. The lowest BCUT2D eigenvalue weighted by Crippen LogP contribution is -2.29. The first kappa shape index (κ1) is 20.0. The molecule has 0 saturated heterocycles. The minimum atomic E-state index is -0.0304. The highest BCUT2D eigenvalue weighted by molar-refractivity contribution is 5.96. The number of methoxy groups -OCH3 is 1. The van der Waals surface area contributed by atoms with Crippen molar-refractivity contribution in [1.29, 1.82) is 0 Å². The van der Waals surface area contributed by atoms with Crippen LogP contribution in [-0.2, 0) is 0 Å². The molecule has 0 aromatic heterocycles. The molecule has 0 bridgehead atoms. The van der Waals surface area contributed by atoms with Crippen LogP contribution < -0.4 is 10.1 Å². The SMILES string of the molecule is CC[C@@H](NC(=O)c1cc(C(C)C)c(OC)cc1C)c1ccc(C)c(C)c1. The summed E-state index contributed by atoms with van der Waals surface area (Å²) in [5.74, 6) is 1.10. The van der Waals surface area contributed by atoms with E-state index >= 15 is 0 Å². The average molecular weight is 354 g/mol. The van der Waals surface area contributed by atoms with Crippen LogP contribution in [0.1, 0.15) is 77.3 Å². The van der Waals surface area contributed by atoms with Crippen molar-refractivity contribution in [3.8, 4) is 5.75 Å². The van der Waals surface area contributed by atoms with Gasteiger partial charge < -0.3 is 10.1 Å². The van der Waals surface area contributed by atoms with E-state index in [-0.39, 0.29) is 11.9 Å². The highest BCUT2D eigenvalue weighted by atomic mass is 16.5. The third-order valence-corrected chi connectivity index (χ3v) is 5.09. The Balaban J connectivity index is 2.32. The molecule has 26 heavy (non-hydrogen) atoms. The molecule has 0 aliphatic carbocycles. The third-order valence-electron chi connectivity index (χ3n) is 5.09. The summed E-state index contributed by atoms with van der Waals surface area (Å²) in [7, 11) is 1.67. The van der Waals surface area contributed by atoms with E-state index in [0.29, 0.717) is 5.92 Å². The van der Waals surface area contributed by atoms with E-state index in [4.69, 9.17) is 4.74 Å². The van der Waals surface area contributed by atoms with E-state index in [1.54, 1.807) is 7.11 Å². The first-order chi connectivity index (χ1) is 12.3. The van der Waals surface area contributed by atoms with Gasteiger partial charge in [-0.2, -0.15) is 0 Å². The van der Waals surface area contributed by atoms with Crippen LogP contribution in [0.15, 0.2) is 30.3 Å². The second kappa shape index (κ2) is 8.39. The van der Waals surface area contributed by atoms with E-state index in [0.717, 1.165) is 34.4 Å². The van der Waals surface area contributed by atoms with Gasteiger partial charge >= 0.3 is 0 Å². The lowest BCUT2D eigenvalue weighted by molar-refractivity contribution is 0.0935. The number of carbonyl (C=O) groups is 1. The molecular formula is C23H31NO2. The van der Waals surface area contributed by atoms with E-state index in [1.165, 1.54) is 11.1 Å². The number of carbonyl (C=O) groups excluding carboxylic acids is 1.